The predicted octanol–water partition coefficient (Wildman–Crippen LogP) is 0.115. The highest BCUT2D eigenvalue weighted by atomic mass is 16.7. The maximum atomic E-state index is 9.40. The summed E-state index contributed by atoms with van der Waals surface area (Å²) in [4.78, 5) is 9.40. The van der Waals surface area contributed by atoms with E-state index in [1.165, 1.54) is 0 Å². The minimum Gasteiger partial charge on any atom is -0.235 e. The summed E-state index contributed by atoms with van der Waals surface area (Å²) in [5.74, 6) is 0. The molecule has 7 heavy (non-hydrogen) atoms. The Labute approximate surface area is 41.0 Å². The summed E-state index contributed by atoms with van der Waals surface area (Å²) in [6.07, 6.45) is 0. The maximum Gasteiger partial charge on any atom is 0.162 e. The lowest BCUT2D eigenvalue weighted by atomic mass is 10.6. The van der Waals surface area contributed by atoms with Crippen LogP contribution in [0.2, 0.25) is 0 Å². The van der Waals surface area contributed by atoms with Crippen molar-refractivity contribution in [1.82, 2.24) is 5.43 Å². The second-order valence-electron chi connectivity index (χ2n) is 0.972. The van der Waals surface area contributed by atoms with Crippen LogP contribution in [0.15, 0.2) is 12.3 Å². The molecule has 0 fully saturated rings. The van der Waals surface area contributed by atoms with Gasteiger partial charge in [0.15, 0.2) is 5.03 Å². The Bertz CT molecular complexity index is 87.1. The molecule has 0 aromatic rings. The zero-order valence-corrected chi connectivity index (χ0v) is 3.68. The Morgan fingerprint density at radius 1 is 1.86 bits per heavy atom. The number of allylic oxidation sites excluding steroid dienone is 1. The van der Waals surface area contributed by atoms with Crippen LogP contribution in [0.5, 0.6) is 0 Å². The van der Waals surface area contributed by atoms with Crippen molar-refractivity contribution in [3.63, 3.8) is 0 Å². The lowest BCUT2D eigenvalue weighted by Gasteiger charge is -1.88. The van der Waals surface area contributed by atoms with Crippen molar-refractivity contribution in [3.8, 4) is 0 Å². The summed E-state index contributed by atoms with van der Waals surface area (Å²) in [5.41, 5.74) is 1.81. The molecule has 1 N–H and O–H groups in total. The molecule has 0 saturated carbocycles. The van der Waals surface area contributed by atoms with Crippen LogP contribution >= 0.6 is 0 Å². The molecule has 4 heteroatoms. The van der Waals surface area contributed by atoms with Gasteiger partial charge in [-0.25, -0.2) is 10.1 Å². The molecule has 0 rings (SSSR count). The number of nitrogens with one attached hydrogen (secondary N) is 1. The molecule has 0 atom stereocenters. The molecule has 0 amide bonds. The highest BCUT2D eigenvalue weighted by Crippen LogP contribution is 1.72. The van der Waals surface area contributed by atoms with Crippen LogP contribution in [0.25, 0.3) is 0 Å². The Morgan fingerprint density at radius 2 is 2.29 bits per heavy atom. The van der Waals surface area contributed by atoms with Gasteiger partial charge < -0.3 is 0 Å². The molecule has 0 aromatic carbocycles. The topological polar surface area (TPSA) is 55.2 Å². The lowest BCUT2D eigenvalue weighted by molar-refractivity contribution is -0.534. The van der Waals surface area contributed by atoms with Gasteiger partial charge in [-0.05, 0) is 6.92 Å². The lowest BCUT2D eigenvalue weighted by Crippen LogP contribution is -2.17. The third kappa shape index (κ3) is 4.94. The third-order valence-electron chi connectivity index (χ3n) is 0.249. The largest absolute Gasteiger partial charge is 0.235 e. The van der Waals surface area contributed by atoms with Crippen molar-refractivity contribution in [1.29, 1.82) is 0 Å². The molecule has 0 unspecified atom stereocenters. The van der Waals surface area contributed by atoms with E-state index in [1.807, 2.05) is 0 Å². The second kappa shape index (κ2) is 2.17. The molecule has 0 heterocycles. The van der Waals surface area contributed by atoms with Gasteiger partial charge in [0.05, 0.1) is 5.70 Å². The molecule has 0 saturated heterocycles. The first-order valence-electron chi connectivity index (χ1n) is 1.55. The first kappa shape index (κ1) is 5.94. The van der Waals surface area contributed by atoms with Gasteiger partial charge in [0.2, 0.25) is 0 Å². The Hall–Kier alpha value is -1.06. The van der Waals surface area contributed by atoms with E-state index >= 15 is 0 Å². The van der Waals surface area contributed by atoms with E-state index < -0.39 is 5.03 Å². The van der Waals surface area contributed by atoms with Gasteiger partial charge >= 0.3 is 0 Å². The van der Waals surface area contributed by atoms with Crippen LogP contribution in [-0.4, -0.2) is 5.03 Å². The standard InChI is InChI=1S/C3H5N2O2/c1-3(2)4-5(6)7/h4H,1-2H2. The number of nitrogens with zero attached hydrogens (tertiary/aromatic N) is 1. The van der Waals surface area contributed by atoms with E-state index in [1.54, 1.807) is 5.43 Å². The summed E-state index contributed by atoms with van der Waals surface area (Å²) < 4.78 is 0. The number of hydrogen-bond acceptors (Lipinski definition) is 2. The molecule has 0 aliphatic rings. The Balaban J connectivity index is 3.32. The summed E-state index contributed by atoms with van der Waals surface area (Å²) >= 11 is 0. The molecule has 1 radical (unpaired) electrons. The normalized spacial score (nSPS) is 7.57. The van der Waals surface area contributed by atoms with Crippen molar-refractivity contribution >= 4 is 0 Å². The van der Waals surface area contributed by atoms with Crippen LogP contribution in [0.1, 0.15) is 0 Å². The fourth-order valence-corrected chi connectivity index (χ4v) is 0.129. The van der Waals surface area contributed by atoms with Crippen molar-refractivity contribution in [3.05, 3.63) is 29.3 Å². The second-order valence-corrected chi connectivity index (χ2v) is 0.972. The van der Waals surface area contributed by atoms with Gasteiger partial charge in [-0.15, -0.1) is 5.43 Å². The average molecular weight is 101 g/mol. The number of rotatable bonds is 2. The van der Waals surface area contributed by atoms with E-state index in [9.17, 15) is 10.1 Å². The fraction of sp³-hybridized carbons (Fsp3) is 0. The molecule has 39 valence electrons. The van der Waals surface area contributed by atoms with Crippen LogP contribution < -0.4 is 5.43 Å². The molecule has 4 nitrogen and oxygen atoms in total. The highest BCUT2D eigenvalue weighted by Gasteiger charge is 1.88. The Morgan fingerprint density at radius 3 is 2.29 bits per heavy atom. The van der Waals surface area contributed by atoms with Crippen LogP contribution in [0.4, 0.5) is 0 Å². The van der Waals surface area contributed by atoms with E-state index in [4.69, 9.17) is 0 Å². The van der Waals surface area contributed by atoms with Gasteiger partial charge in [-0.1, -0.05) is 6.58 Å². The van der Waals surface area contributed by atoms with Crippen molar-refractivity contribution in [2.24, 2.45) is 0 Å². The summed E-state index contributed by atoms with van der Waals surface area (Å²) in [5, 5.41) is 8.69. The summed E-state index contributed by atoms with van der Waals surface area (Å²) in [6.45, 7) is 6.26. The smallest absolute Gasteiger partial charge is 0.162 e. The molecule has 0 bridgehead atoms. The molecular weight excluding hydrogens is 96.0 g/mol. The van der Waals surface area contributed by atoms with E-state index in [0.717, 1.165) is 0 Å². The van der Waals surface area contributed by atoms with Crippen LogP contribution in [-0.2, 0) is 0 Å². The highest BCUT2D eigenvalue weighted by molar-refractivity contribution is 4.89. The first-order chi connectivity index (χ1) is 3.13. The van der Waals surface area contributed by atoms with Crippen LogP contribution in [0.3, 0.4) is 0 Å². The minimum atomic E-state index is -0.713. The van der Waals surface area contributed by atoms with Gasteiger partial charge in [-0.3, -0.25) is 0 Å². The van der Waals surface area contributed by atoms with Gasteiger partial charge in [0, 0.05) is 0 Å². The van der Waals surface area contributed by atoms with Crippen molar-refractivity contribution in [2.75, 3.05) is 0 Å². The SMILES string of the molecule is [CH2]C(=C)N[N+](=O)[O-]. The first-order valence-corrected chi connectivity index (χ1v) is 1.55. The Kier molecular flexibility index (Phi) is 1.84. The maximum absolute atomic E-state index is 9.40. The van der Waals surface area contributed by atoms with Crippen LogP contribution in [0, 0.1) is 17.0 Å². The number of hydrogen-bond donors (Lipinski definition) is 1. The predicted molar refractivity (Wildman–Crippen MR) is 24.6 cm³/mol. The van der Waals surface area contributed by atoms with Crippen molar-refractivity contribution < 1.29 is 5.03 Å². The van der Waals surface area contributed by atoms with Gasteiger partial charge in [0.25, 0.3) is 0 Å². The molecule has 0 aromatic heterocycles. The zero-order valence-electron chi connectivity index (χ0n) is 3.68. The average Bonchev–Trinajstić information content (AvgIpc) is 1.27. The summed E-state index contributed by atoms with van der Waals surface area (Å²) in [7, 11) is 0. The molecule has 0 aliphatic carbocycles. The fourth-order valence-electron chi connectivity index (χ4n) is 0.129. The van der Waals surface area contributed by atoms with Crippen molar-refractivity contribution in [2.45, 2.75) is 0 Å². The van der Waals surface area contributed by atoms with E-state index in [-0.39, 0.29) is 5.70 Å². The molecule has 0 aliphatic heterocycles. The van der Waals surface area contributed by atoms with E-state index in [0.29, 0.717) is 0 Å². The third-order valence-corrected chi connectivity index (χ3v) is 0.249. The van der Waals surface area contributed by atoms with Gasteiger partial charge in [0.1, 0.15) is 0 Å². The monoisotopic (exact) mass is 101 g/mol. The summed E-state index contributed by atoms with van der Waals surface area (Å²) in [6, 6.07) is 0. The minimum absolute atomic E-state index is 0.0880. The number of hydrazine groups is 1. The van der Waals surface area contributed by atoms with Gasteiger partial charge in [-0.2, -0.15) is 0 Å². The molecular formula is C3H5N2O2. The van der Waals surface area contributed by atoms with E-state index in [2.05, 4.69) is 13.5 Å². The zero-order chi connectivity index (χ0) is 5.86. The number of nitro groups is 1. The quantitative estimate of drug-likeness (QED) is 0.397. The molecule has 0 spiro atoms.